The number of hydrogen-bond acceptors (Lipinski definition) is 11. The minimum absolute atomic E-state index is 0.0117. The van der Waals surface area contributed by atoms with E-state index in [9.17, 15) is 19.7 Å². The molecule has 0 radical (unpaired) electrons. The number of thioether (sulfide) groups is 2. The highest BCUT2D eigenvalue weighted by molar-refractivity contribution is 8.01. The predicted octanol–water partition coefficient (Wildman–Crippen LogP) is 4.11. The molecule has 196 valence electrons. The van der Waals surface area contributed by atoms with Crippen molar-refractivity contribution in [3.8, 4) is 5.69 Å². The van der Waals surface area contributed by atoms with Gasteiger partial charge < -0.3 is 5.32 Å². The predicted molar refractivity (Wildman–Crippen MR) is 146 cm³/mol. The lowest BCUT2D eigenvalue weighted by atomic mass is 10.1. The van der Waals surface area contributed by atoms with E-state index in [-0.39, 0.29) is 29.5 Å². The van der Waals surface area contributed by atoms with E-state index in [1.807, 2.05) is 37.3 Å². The van der Waals surface area contributed by atoms with Gasteiger partial charge in [-0.05, 0) is 30.9 Å². The second-order valence-electron chi connectivity index (χ2n) is 7.65. The minimum atomic E-state index is -0.522. The van der Waals surface area contributed by atoms with E-state index in [0.29, 0.717) is 21.7 Å². The maximum absolute atomic E-state index is 12.7. The van der Waals surface area contributed by atoms with Gasteiger partial charge in [-0.1, -0.05) is 66.0 Å². The number of rotatable bonds is 11. The number of nitro benzene ring substituents is 1. The van der Waals surface area contributed by atoms with Crippen LogP contribution in [0.25, 0.3) is 5.69 Å². The Bertz CT molecular complexity index is 1460. The van der Waals surface area contributed by atoms with Gasteiger partial charge in [0, 0.05) is 22.9 Å². The zero-order valence-corrected chi connectivity index (χ0v) is 22.7. The number of anilines is 1. The Balaban J connectivity index is 1.46. The van der Waals surface area contributed by atoms with Gasteiger partial charge in [0.25, 0.3) is 11.6 Å². The fraction of sp³-hybridized carbons (Fsp3) is 0.217. The molecule has 4 aromatic rings. The van der Waals surface area contributed by atoms with Crippen LogP contribution in [0.3, 0.4) is 0 Å². The van der Waals surface area contributed by atoms with Gasteiger partial charge in [0.15, 0.2) is 15.3 Å². The lowest BCUT2D eigenvalue weighted by Crippen LogP contribution is -2.24. The summed E-state index contributed by atoms with van der Waals surface area (Å²) in [5.41, 5.74) is 1.25. The number of hydrogen-bond donors (Lipinski definition) is 2. The summed E-state index contributed by atoms with van der Waals surface area (Å²) in [6, 6.07) is 13.6. The summed E-state index contributed by atoms with van der Waals surface area (Å²) in [6.07, 6.45) is 0. The molecule has 0 saturated carbocycles. The number of aryl methyl sites for hydroxylation is 1. The minimum Gasteiger partial charge on any atom is -0.345 e. The summed E-state index contributed by atoms with van der Waals surface area (Å²) >= 11 is 4.05. The van der Waals surface area contributed by atoms with E-state index in [2.05, 4.69) is 31.0 Å². The molecule has 0 unspecified atom stereocenters. The maximum Gasteiger partial charge on any atom is 0.273 e. The molecule has 0 bridgehead atoms. The highest BCUT2D eigenvalue weighted by Gasteiger charge is 2.19. The number of aromatic nitrogens is 5. The standard InChI is InChI=1S/C23H22N8O4S3/c1-3-36-23-29-27-21(38-23)25-19(32)13-37-22-28-26-18(30(22)16-7-5-4-6-8-16)12-24-20(33)15-10-9-14(2)17(11-15)31(34)35/h4-11H,3,12-13H2,1-2H3,(H,24,33)(H,25,27,32). The van der Waals surface area contributed by atoms with E-state index in [0.717, 1.165) is 15.8 Å². The maximum atomic E-state index is 12.7. The summed E-state index contributed by atoms with van der Waals surface area (Å²) in [6.45, 7) is 3.63. The SMILES string of the molecule is CCSc1nnc(NC(=O)CSc2nnc(CNC(=O)c3ccc(C)c([N+](=O)[O-])c3)n2-c2ccccc2)s1. The van der Waals surface area contributed by atoms with Crippen molar-refractivity contribution in [3.05, 3.63) is 75.6 Å². The smallest absolute Gasteiger partial charge is 0.273 e. The molecule has 12 nitrogen and oxygen atoms in total. The van der Waals surface area contributed by atoms with Crippen molar-refractivity contribution in [2.45, 2.75) is 29.9 Å². The number of nitrogens with zero attached hydrogens (tertiary/aromatic N) is 6. The monoisotopic (exact) mass is 570 g/mol. The molecule has 2 heterocycles. The summed E-state index contributed by atoms with van der Waals surface area (Å²) in [4.78, 5) is 36.0. The fourth-order valence-corrected chi connectivity index (χ4v) is 5.72. The third kappa shape index (κ3) is 6.73. The van der Waals surface area contributed by atoms with E-state index in [4.69, 9.17) is 0 Å². The van der Waals surface area contributed by atoms with Crippen LogP contribution < -0.4 is 10.6 Å². The van der Waals surface area contributed by atoms with Gasteiger partial charge in [-0.3, -0.25) is 29.6 Å². The molecule has 0 aliphatic rings. The normalized spacial score (nSPS) is 10.8. The van der Waals surface area contributed by atoms with Crippen molar-refractivity contribution >= 4 is 57.5 Å². The van der Waals surface area contributed by atoms with Crippen molar-refractivity contribution in [2.24, 2.45) is 0 Å². The van der Waals surface area contributed by atoms with Crippen LogP contribution in [-0.2, 0) is 11.3 Å². The first-order valence-electron chi connectivity index (χ1n) is 11.3. The van der Waals surface area contributed by atoms with Gasteiger partial charge in [0.2, 0.25) is 11.0 Å². The van der Waals surface area contributed by atoms with Crippen molar-refractivity contribution in [3.63, 3.8) is 0 Å². The average molecular weight is 571 g/mol. The Hall–Kier alpha value is -3.82. The molecule has 15 heteroatoms. The molecule has 0 aliphatic heterocycles. The number of amides is 2. The summed E-state index contributed by atoms with van der Waals surface area (Å²) in [5.74, 6) is 0.598. The lowest BCUT2D eigenvalue weighted by Gasteiger charge is -2.11. The molecular formula is C23H22N8O4S3. The molecule has 38 heavy (non-hydrogen) atoms. The largest absolute Gasteiger partial charge is 0.345 e. The number of carbonyl (C=O) groups excluding carboxylic acids is 2. The molecule has 0 spiro atoms. The molecule has 2 aromatic carbocycles. The second-order valence-corrected chi connectivity index (χ2v) is 11.1. The first-order valence-corrected chi connectivity index (χ1v) is 14.1. The van der Waals surface area contributed by atoms with E-state index >= 15 is 0 Å². The third-order valence-electron chi connectivity index (χ3n) is 5.04. The summed E-state index contributed by atoms with van der Waals surface area (Å²) < 4.78 is 2.53. The highest BCUT2D eigenvalue weighted by Crippen LogP contribution is 2.26. The van der Waals surface area contributed by atoms with Crippen LogP contribution in [-0.4, -0.2) is 53.2 Å². The van der Waals surface area contributed by atoms with Gasteiger partial charge in [0.1, 0.15) is 0 Å². The van der Waals surface area contributed by atoms with Crippen molar-refractivity contribution < 1.29 is 14.5 Å². The topological polar surface area (TPSA) is 158 Å². The van der Waals surface area contributed by atoms with Crippen LogP contribution in [0.5, 0.6) is 0 Å². The number of nitrogens with one attached hydrogen (secondary N) is 2. The van der Waals surface area contributed by atoms with Crippen LogP contribution in [0.1, 0.15) is 28.7 Å². The molecule has 0 saturated heterocycles. The van der Waals surface area contributed by atoms with E-state index < -0.39 is 10.8 Å². The Kier molecular flexibility index (Phi) is 9.04. The zero-order chi connectivity index (χ0) is 27.1. The second kappa shape index (κ2) is 12.6. The molecule has 4 rings (SSSR count). The number of carbonyl (C=O) groups is 2. The molecule has 0 aliphatic carbocycles. The highest BCUT2D eigenvalue weighted by atomic mass is 32.2. The van der Waals surface area contributed by atoms with Crippen LogP contribution in [0.4, 0.5) is 10.8 Å². The van der Waals surface area contributed by atoms with E-state index in [1.54, 1.807) is 23.3 Å². The number of para-hydroxylation sites is 1. The van der Waals surface area contributed by atoms with Crippen LogP contribution >= 0.6 is 34.9 Å². The van der Waals surface area contributed by atoms with Crippen LogP contribution in [0.2, 0.25) is 0 Å². The molecular weight excluding hydrogens is 549 g/mol. The molecule has 2 amide bonds. The fourth-order valence-electron chi connectivity index (χ4n) is 3.28. The van der Waals surface area contributed by atoms with Crippen molar-refractivity contribution in [1.29, 1.82) is 0 Å². The van der Waals surface area contributed by atoms with Gasteiger partial charge in [-0.2, -0.15) is 0 Å². The van der Waals surface area contributed by atoms with Crippen molar-refractivity contribution in [1.82, 2.24) is 30.3 Å². The summed E-state index contributed by atoms with van der Waals surface area (Å²) in [5, 5.41) is 34.1. The average Bonchev–Trinajstić information content (AvgIpc) is 3.53. The molecule has 2 aromatic heterocycles. The van der Waals surface area contributed by atoms with Gasteiger partial charge in [-0.15, -0.1) is 20.4 Å². The van der Waals surface area contributed by atoms with Gasteiger partial charge >= 0.3 is 0 Å². The number of nitro groups is 1. The van der Waals surface area contributed by atoms with Gasteiger partial charge in [0.05, 0.1) is 17.2 Å². The number of benzene rings is 2. The third-order valence-corrected chi connectivity index (χ3v) is 7.83. The summed E-state index contributed by atoms with van der Waals surface area (Å²) in [7, 11) is 0. The molecule has 0 fully saturated rings. The van der Waals surface area contributed by atoms with Crippen molar-refractivity contribution in [2.75, 3.05) is 16.8 Å². The molecule has 0 atom stereocenters. The van der Waals surface area contributed by atoms with Crippen LogP contribution in [0.15, 0.2) is 58.0 Å². The Morgan fingerprint density at radius 1 is 1.08 bits per heavy atom. The first-order chi connectivity index (χ1) is 18.4. The van der Waals surface area contributed by atoms with Gasteiger partial charge in [-0.25, -0.2) is 0 Å². The lowest BCUT2D eigenvalue weighted by molar-refractivity contribution is -0.385. The van der Waals surface area contributed by atoms with E-state index in [1.165, 1.54) is 41.3 Å². The first kappa shape index (κ1) is 27.2. The Morgan fingerprint density at radius 2 is 1.87 bits per heavy atom. The van der Waals surface area contributed by atoms with Crippen LogP contribution in [0, 0.1) is 17.0 Å². The quantitative estimate of drug-likeness (QED) is 0.116. The zero-order valence-electron chi connectivity index (χ0n) is 20.3. The Labute approximate surface area is 229 Å². The Morgan fingerprint density at radius 3 is 2.61 bits per heavy atom. The molecule has 2 N–H and O–H groups in total.